The minimum atomic E-state index is -3.77. The summed E-state index contributed by atoms with van der Waals surface area (Å²) < 4.78 is 38.7. The van der Waals surface area contributed by atoms with E-state index in [1.54, 1.807) is 13.8 Å². The highest BCUT2D eigenvalue weighted by molar-refractivity contribution is 7.89. The van der Waals surface area contributed by atoms with E-state index in [0.717, 1.165) is 0 Å². The highest BCUT2D eigenvalue weighted by atomic mass is 32.2. The maximum atomic E-state index is 12.6. The minimum Gasteiger partial charge on any atom is -0.465 e. The van der Waals surface area contributed by atoms with Crippen molar-refractivity contribution >= 4 is 10.0 Å². The first-order valence-electron chi connectivity index (χ1n) is 6.56. The van der Waals surface area contributed by atoms with Crippen LogP contribution in [0.2, 0.25) is 0 Å². The van der Waals surface area contributed by atoms with Crippen LogP contribution in [0.15, 0.2) is 9.31 Å². The zero-order chi connectivity index (χ0) is 15.1. The molecular formula is C13H21NO5S. The van der Waals surface area contributed by atoms with Crippen molar-refractivity contribution in [3.63, 3.8) is 0 Å². The van der Waals surface area contributed by atoms with Crippen LogP contribution in [0.25, 0.3) is 0 Å². The standard InChI is InChI=1S/C13H21NO5S/c1-8-11(7-15)12(9(2)19-8)20(16,17)14-13(4)5-6-18-10(13)3/h10,14-15H,5-7H2,1-4H3. The molecule has 114 valence electrons. The summed E-state index contributed by atoms with van der Waals surface area (Å²) in [5.74, 6) is 0.709. The maximum Gasteiger partial charge on any atom is 0.244 e. The summed E-state index contributed by atoms with van der Waals surface area (Å²) >= 11 is 0. The highest BCUT2D eigenvalue weighted by Crippen LogP contribution is 2.31. The van der Waals surface area contributed by atoms with Gasteiger partial charge in [-0.25, -0.2) is 13.1 Å². The molecule has 2 atom stereocenters. The maximum absolute atomic E-state index is 12.6. The third-order valence-electron chi connectivity index (χ3n) is 4.01. The van der Waals surface area contributed by atoms with Gasteiger partial charge in [-0.15, -0.1) is 0 Å². The molecule has 1 fully saturated rings. The van der Waals surface area contributed by atoms with E-state index in [-0.39, 0.29) is 23.4 Å². The Hall–Kier alpha value is -0.890. The normalized spacial score (nSPS) is 27.1. The summed E-state index contributed by atoms with van der Waals surface area (Å²) in [5.41, 5.74) is -0.339. The molecule has 1 aromatic heterocycles. The third-order valence-corrected chi connectivity index (χ3v) is 5.81. The van der Waals surface area contributed by atoms with Gasteiger partial charge in [0.25, 0.3) is 0 Å². The molecule has 20 heavy (non-hydrogen) atoms. The van der Waals surface area contributed by atoms with Gasteiger partial charge in [0.1, 0.15) is 16.4 Å². The molecule has 7 heteroatoms. The van der Waals surface area contributed by atoms with Crippen LogP contribution >= 0.6 is 0 Å². The van der Waals surface area contributed by atoms with Crippen LogP contribution in [0.5, 0.6) is 0 Å². The van der Waals surface area contributed by atoms with E-state index in [1.807, 2.05) is 13.8 Å². The number of hydrogen-bond donors (Lipinski definition) is 2. The van der Waals surface area contributed by atoms with Gasteiger partial charge in [-0.1, -0.05) is 0 Å². The number of nitrogens with one attached hydrogen (secondary N) is 1. The number of rotatable bonds is 4. The third kappa shape index (κ3) is 2.50. The van der Waals surface area contributed by atoms with Gasteiger partial charge in [-0.2, -0.15) is 0 Å². The average Bonchev–Trinajstić information content (AvgIpc) is 2.79. The topological polar surface area (TPSA) is 88.8 Å². The lowest BCUT2D eigenvalue weighted by atomic mass is 9.97. The number of ether oxygens (including phenoxy) is 1. The van der Waals surface area contributed by atoms with Crippen LogP contribution in [0.3, 0.4) is 0 Å². The molecule has 1 aliphatic heterocycles. The molecule has 2 rings (SSSR count). The second kappa shape index (κ2) is 5.14. The first-order chi connectivity index (χ1) is 9.21. The fourth-order valence-corrected chi connectivity index (χ4v) is 4.51. The molecule has 6 nitrogen and oxygen atoms in total. The van der Waals surface area contributed by atoms with Crippen molar-refractivity contribution in [1.82, 2.24) is 4.72 Å². The molecule has 2 unspecified atom stereocenters. The van der Waals surface area contributed by atoms with E-state index < -0.39 is 15.6 Å². The molecule has 1 aliphatic rings. The molecule has 1 aromatic rings. The van der Waals surface area contributed by atoms with Crippen molar-refractivity contribution in [2.45, 2.75) is 57.3 Å². The Morgan fingerprint density at radius 1 is 1.40 bits per heavy atom. The van der Waals surface area contributed by atoms with Crippen LogP contribution < -0.4 is 4.72 Å². The summed E-state index contributed by atoms with van der Waals surface area (Å²) in [6.07, 6.45) is 0.403. The minimum absolute atomic E-state index is 0.0397. The van der Waals surface area contributed by atoms with Crippen molar-refractivity contribution in [3.05, 3.63) is 17.1 Å². The van der Waals surface area contributed by atoms with Gasteiger partial charge in [0.05, 0.1) is 18.2 Å². The molecule has 0 radical (unpaired) electrons. The molecule has 2 N–H and O–H groups in total. The number of aliphatic hydroxyl groups excluding tert-OH is 1. The molecule has 0 spiro atoms. The summed E-state index contributed by atoms with van der Waals surface area (Å²) in [6.45, 7) is 7.04. The first-order valence-corrected chi connectivity index (χ1v) is 8.05. The molecule has 0 saturated carbocycles. The number of furan rings is 1. The van der Waals surface area contributed by atoms with Gasteiger partial charge in [0.2, 0.25) is 10.0 Å². The Labute approximate surface area is 119 Å². The fraction of sp³-hybridized carbons (Fsp3) is 0.692. The molecule has 0 amide bonds. The van der Waals surface area contributed by atoms with Crippen molar-refractivity contribution in [3.8, 4) is 0 Å². The molecular weight excluding hydrogens is 282 g/mol. The quantitative estimate of drug-likeness (QED) is 0.873. The van der Waals surface area contributed by atoms with Crippen LogP contribution in [0.1, 0.15) is 37.4 Å². The van der Waals surface area contributed by atoms with E-state index in [0.29, 0.717) is 24.4 Å². The number of sulfonamides is 1. The summed E-state index contributed by atoms with van der Waals surface area (Å²) in [5, 5.41) is 9.38. The van der Waals surface area contributed by atoms with Crippen molar-refractivity contribution in [1.29, 1.82) is 0 Å². The number of aryl methyl sites for hydroxylation is 2. The second-order valence-electron chi connectivity index (χ2n) is 5.47. The summed E-state index contributed by atoms with van der Waals surface area (Å²) in [6, 6.07) is 0. The van der Waals surface area contributed by atoms with Crippen LogP contribution in [-0.2, 0) is 21.4 Å². The Morgan fingerprint density at radius 2 is 2.05 bits per heavy atom. The van der Waals surface area contributed by atoms with Gasteiger partial charge in [0, 0.05) is 12.2 Å². The van der Waals surface area contributed by atoms with E-state index in [1.165, 1.54) is 0 Å². The first kappa shape index (κ1) is 15.5. The van der Waals surface area contributed by atoms with Crippen LogP contribution in [0, 0.1) is 13.8 Å². The van der Waals surface area contributed by atoms with Gasteiger partial charge < -0.3 is 14.3 Å². The lowest BCUT2D eigenvalue weighted by Crippen LogP contribution is -2.50. The Kier molecular flexibility index (Phi) is 3.98. The zero-order valence-electron chi connectivity index (χ0n) is 12.2. The number of aliphatic hydroxyl groups is 1. The van der Waals surface area contributed by atoms with Crippen LogP contribution in [-0.4, -0.2) is 31.8 Å². The largest absolute Gasteiger partial charge is 0.465 e. The lowest BCUT2D eigenvalue weighted by molar-refractivity contribution is 0.0957. The Balaban J connectivity index is 2.41. The Bertz CT molecular complexity index is 607. The summed E-state index contributed by atoms with van der Waals surface area (Å²) in [4.78, 5) is 0.0397. The fourth-order valence-electron chi connectivity index (χ4n) is 2.57. The molecule has 1 saturated heterocycles. The predicted molar refractivity (Wildman–Crippen MR) is 72.9 cm³/mol. The van der Waals surface area contributed by atoms with E-state index in [9.17, 15) is 13.5 Å². The van der Waals surface area contributed by atoms with Crippen molar-refractivity contribution < 1.29 is 22.7 Å². The van der Waals surface area contributed by atoms with Gasteiger partial charge >= 0.3 is 0 Å². The monoisotopic (exact) mass is 303 g/mol. The molecule has 0 bridgehead atoms. The van der Waals surface area contributed by atoms with Gasteiger partial charge in [-0.05, 0) is 34.1 Å². The second-order valence-corrected chi connectivity index (χ2v) is 7.09. The molecule has 0 aromatic carbocycles. The van der Waals surface area contributed by atoms with Crippen LogP contribution in [0.4, 0.5) is 0 Å². The SMILES string of the molecule is Cc1oc(C)c(S(=O)(=O)NC2(C)CCOC2C)c1CO. The van der Waals surface area contributed by atoms with Gasteiger partial charge in [-0.3, -0.25) is 0 Å². The summed E-state index contributed by atoms with van der Waals surface area (Å²) in [7, 11) is -3.77. The van der Waals surface area contributed by atoms with Crippen molar-refractivity contribution in [2.75, 3.05) is 6.61 Å². The van der Waals surface area contributed by atoms with Gasteiger partial charge in [0.15, 0.2) is 0 Å². The van der Waals surface area contributed by atoms with Crippen molar-refractivity contribution in [2.24, 2.45) is 0 Å². The Morgan fingerprint density at radius 3 is 2.55 bits per heavy atom. The van der Waals surface area contributed by atoms with E-state index >= 15 is 0 Å². The zero-order valence-corrected chi connectivity index (χ0v) is 13.0. The van der Waals surface area contributed by atoms with E-state index in [2.05, 4.69) is 4.72 Å². The van der Waals surface area contributed by atoms with E-state index in [4.69, 9.17) is 9.15 Å². The molecule has 2 heterocycles. The predicted octanol–water partition coefficient (Wildman–Crippen LogP) is 1.23. The lowest BCUT2D eigenvalue weighted by Gasteiger charge is -2.28. The highest BCUT2D eigenvalue weighted by Gasteiger charge is 2.42. The smallest absolute Gasteiger partial charge is 0.244 e. The number of hydrogen-bond acceptors (Lipinski definition) is 5. The average molecular weight is 303 g/mol. The molecule has 0 aliphatic carbocycles.